The molecule has 3 rings (SSSR count). The van der Waals surface area contributed by atoms with Crippen molar-refractivity contribution in [2.75, 3.05) is 6.54 Å². The van der Waals surface area contributed by atoms with E-state index in [1.807, 2.05) is 0 Å². The average molecular weight is 292 g/mol. The molecule has 1 nitrogen and oxygen atoms in total. The molecule has 0 amide bonds. The van der Waals surface area contributed by atoms with Crippen molar-refractivity contribution in [2.24, 2.45) is 17.8 Å². The van der Waals surface area contributed by atoms with E-state index in [2.05, 4.69) is 37.4 Å². The van der Waals surface area contributed by atoms with Gasteiger partial charge in [-0.2, -0.15) is 0 Å². The van der Waals surface area contributed by atoms with E-state index in [1.165, 1.54) is 36.8 Å². The zero-order valence-corrected chi connectivity index (χ0v) is 13.4. The predicted octanol–water partition coefficient (Wildman–Crippen LogP) is 4.61. The van der Waals surface area contributed by atoms with Gasteiger partial charge in [-0.05, 0) is 67.7 Å². The van der Waals surface area contributed by atoms with Gasteiger partial charge in [0.1, 0.15) is 0 Å². The third kappa shape index (κ3) is 2.89. The third-order valence-corrected chi connectivity index (χ3v) is 5.65. The Labute approximate surface area is 128 Å². The van der Waals surface area contributed by atoms with Crippen LogP contribution in [0.4, 0.5) is 0 Å². The first-order valence-corrected chi connectivity index (χ1v) is 8.57. The minimum atomic E-state index is 0.619. The molecule has 1 N–H and O–H groups in total. The lowest BCUT2D eigenvalue weighted by atomic mass is 9.99. The molecule has 3 unspecified atom stereocenters. The summed E-state index contributed by atoms with van der Waals surface area (Å²) in [6.45, 7) is 5.38. The molecule has 2 aliphatic carbocycles. The van der Waals surface area contributed by atoms with Gasteiger partial charge < -0.3 is 5.32 Å². The zero-order chi connectivity index (χ0) is 14.1. The van der Waals surface area contributed by atoms with Gasteiger partial charge in [-0.1, -0.05) is 43.5 Å². The molecule has 110 valence electrons. The van der Waals surface area contributed by atoms with E-state index in [0.29, 0.717) is 6.04 Å². The van der Waals surface area contributed by atoms with Gasteiger partial charge in [0.15, 0.2) is 0 Å². The van der Waals surface area contributed by atoms with Crippen LogP contribution in [0.5, 0.6) is 0 Å². The number of hydrogen-bond donors (Lipinski definition) is 1. The smallest absolute Gasteiger partial charge is 0.0441 e. The van der Waals surface area contributed by atoms with E-state index in [1.54, 1.807) is 0 Å². The number of fused-ring (bicyclic) bond motifs is 1. The highest BCUT2D eigenvalue weighted by Gasteiger charge is 2.53. The molecule has 0 spiro atoms. The van der Waals surface area contributed by atoms with Crippen LogP contribution in [0.15, 0.2) is 18.2 Å². The number of benzene rings is 1. The molecular weight excluding hydrogens is 266 g/mol. The van der Waals surface area contributed by atoms with Gasteiger partial charge in [-0.25, -0.2) is 0 Å². The standard InChI is InChI=1S/C18H26ClN/c1-3-20-17(18-14-6-4-5-7-15(14)18)11-13-9-8-12(2)10-16(13)19/h8-10,14-15,17-18,20H,3-7,11H2,1-2H3. The van der Waals surface area contributed by atoms with Crippen LogP contribution in [0.3, 0.4) is 0 Å². The molecule has 0 heterocycles. The van der Waals surface area contributed by atoms with E-state index in [0.717, 1.165) is 35.7 Å². The minimum Gasteiger partial charge on any atom is -0.314 e. The fraction of sp³-hybridized carbons (Fsp3) is 0.667. The van der Waals surface area contributed by atoms with E-state index in [9.17, 15) is 0 Å². The number of aryl methyl sites for hydroxylation is 1. The van der Waals surface area contributed by atoms with Crippen molar-refractivity contribution in [3.8, 4) is 0 Å². The Kier molecular flexibility index (Phi) is 4.37. The highest BCUT2D eigenvalue weighted by molar-refractivity contribution is 6.31. The van der Waals surface area contributed by atoms with Crippen LogP contribution in [0.2, 0.25) is 5.02 Å². The van der Waals surface area contributed by atoms with Gasteiger partial charge >= 0.3 is 0 Å². The zero-order valence-electron chi connectivity index (χ0n) is 12.7. The fourth-order valence-electron chi connectivity index (χ4n) is 4.31. The molecule has 1 aromatic carbocycles. The molecule has 2 aliphatic rings. The highest BCUT2D eigenvalue weighted by atomic mass is 35.5. The molecule has 0 radical (unpaired) electrons. The van der Waals surface area contributed by atoms with Gasteiger partial charge in [0.2, 0.25) is 0 Å². The Bertz CT molecular complexity index is 458. The van der Waals surface area contributed by atoms with Gasteiger partial charge in [-0.3, -0.25) is 0 Å². The van der Waals surface area contributed by atoms with Gasteiger partial charge in [0, 0.05) is 11.1 Å². The first kappa shape index (κ1) is 14.4. The number of likely N-dealkylation sites (N-methyl/N-ethyl adjacent to an activating group) is 1. The van der Waals surface area contributed by atoms with Crippen LogP contribution in [-0.4, -0.2) is 12.6 Å². The summed E-state index contributed by atoms with van der Waals surface area (Å²) in [7, 11) is 0. The summed E-state index contributed by atoms with van der Waals surface area (Å²) in [6, 6.07) is 7.12. The molecule has 1 aromatic rings. The Morgan fingerprint density at radius 2 is 1.95 bits per heavy atom. The van der Waals surface area contributed by atoms with E-state index < -0.39 is 0 Å². The average Bonchev–Trinajstić information content (AvgIpc) is 3.15. The number of hydrogen-bond acceptors (Lipinski definition) is 1. The lowest BCUT2D eigenvalue weighted by molar-refractivity contribution is 0.437. The van der Waals surface area contributed by atoms with Crippen molar-refractivity contribution in [2.45, 2.75) is 52.0 Å². The predicted molar refractivity (Wildman–Crippen MR) is 86.3 cm³/mol. The van der Waals surface area contributed by atoms with Crippen LogP contribution in [-0.2, 0) is 6.42 Å². The van der Waals surface area contributed by atoms with E-state index >= 15 is 0 Å². The summed E-state index contributed by atoms with van der Waals surface area (Å²) < 4.78 is 0. The van der Waals surface area contributed by atoms with Crippen LogP contribution in [0, 0.1) is 24.7 Å². The summed E-state index contributed by atoms with van der Waals surface area (Å²) in [4.78, 5) is 0. The van der Waals surface area contributed by atoms with Crippen LogP contribution in [0.25, 0.3) is 0 Å². The van der Waals surface area contributed by atoms with Crippen molar-refractivity contribution in [1.82, 2.24) is 5.32 Å². The monoisotopic (exact) mass is 291 g/mol. The Morgan fingerprint density at radius 1 is 1.25 bits per heavy atom. The molecule has 0 saturated heterocycles. The van der Waals surface area contributed by atoms with Gasteiger partial charge in [-0.15, -0.1) is 0 Å². The first-order valence-electron chi connectivity index (χ1n) is 8.19. The largest absolute Gasteiger partial charge is 0.314 e. The number of halogens is 1. The second kappa shape index (κ2) is 6.07. The van der Waals surface area contributed by atoms with Crippen molar-refractivity contribution in [3.63, 3.8) is 0 Å². The van der Waals surface area contributed by atoms with Crippen LogP contribution in [0.1, 0.15) is 43.7 Å². The molecule has 0 aliphatic heterocycles. The second-order valence-corrected chi connectivity index (χ2v) is 7.06. The van der Waals surface area contributed by atoms with Crippen LogP contribution >= 0.6 is 11.6 Å². The molecular formula is C18H26ClN. The van der Waals surface area contributed by atoms with Gasteiger partial charge in [0.25, 0.3) is 0 Å². The van der Waals surface area contributed by atoms with E-state index in [-0.39, 0.29) is 0 Å². The third-order valence-electron chi connectivity index (χ3n) is 5.30. The van der Waals surface area contributed by atoms with Crippen molar-refractivity contribution in [3.05, 3.63) is 34.3 Å². The lowest BCUT2D eigenvalue weighted by Gasteiger charge is -2.19. The minimum absolute atomic E-state index is 0.619. The molecule has 20 heavy (non-hydrogen) atoms. The Morgan fingerprint density at radius 3 is 2.55 bits per heavy atom. The molecule has 2 heteroatoms. The summed E-state index contributed by atoms with van der Waals surface area (Å²) in [5.41, 5.74) is 2.56. The van der Waals surface area contributed by atoms with Gasteiger partial charge in [0.05, 0.1) is 0 Å². The maximum absolute atomic E-state index is 6.42. The number of rotatable bonds is 5. The second-order valence-electron chi connectivity index (χ2n) is 6.65. The Hall–Kier alpha value is -0.530. The van der Waals surface area contributed by atoms with Crippen molar-refractivity contribution in [1.29, 1.82) is 0 Å². The highest BCUT2D eigenvalue weighted by Crippen LogP contribution is 2.57. The summed E-state index contributed by atoms with van der Waals surface area (Å²) in [5.74, 6) is 2.89. The maximum atomic E-state index is 6.42. The summed E-state index contributed by atoms with van der Waals surface area (Å²) in [5, 5.41) is 4.67. The quantitative estimate of drug-likeness (QED) is 0.836. The molecule has 3 atom stereocenters. The molecule has 0 aromatic heterocycles. The molecule has 2 fully saturated rings. The number of nitrogens with one attached hydrogen (secondary N) is 1. The molecule has 2 saturated carbocycles. The fourth-order valence-corrected chi connectivity index (χ4v) is 4.62. The van der Waals surface area contributed by atoms with Crippen LogP contribution < -0.4 is 5.32 Å². The first-order chi connectivity index (χ1) is 9.70. The van der Waals surface area contributed by atoms with E-state index in [4.69, 9.17) is 11.6 Å². The normalized spacial score (nSPS) is 29.9. The summed E-state index contributed by atoms with van der Waals surface area (Å²) in [6.07, 6.45) is 6.89. The summed E-state index contributed by atoms with van der Waals surface area (Å²) >= 11 is 6.42. The Balaban J connectivity index is 1.71. The molecule has 0 bridgehead atoms. The SMILES string of the molecule is CCNC(Cc1ccc(C)cc1Cl)C1C2CCCCC21. The lowest BCUT2D eigenvalue weighted by Crippen LogP contribution is -2.34. The van der Waals surface area contributed by atoms with Crippen molar-refractivity contribution < 1.29 is 0 Å². The van der Waals surface area contributed by atoms with Crippen molar-refractivity contribution >= 4 is 11.6 Å². The maximum Gasteiger partial charge on any atom is 0.0441 e. The topological polar surface area (TPSA) is 12.0 Å².